The molecule has 0 aromatic carbocycles. The molecule has 2 rings (SSSR count). The summed E-state index contributed by atoms with van der Waals surface area (Å²) in [6.45, 7) is 4.57. The molecule has 1 fully saturated rings. The van der Waals surface area contributed by atoms with E-state index in [4.69, 9.17) is 9.84 Å². The molecule has 1 aliphatic rings. The second kappa shape index (κ2) is 6.63. The summed E-state index contributed by atoms with van der Waals surface area (Å²) in [4.78, 5) is 17.1. The molecule has 1 N–H and O–H groups in total. The molecule has 0 spiro atoms. The lowest BCUT2D eigenvalue weighted by Crippen LogP contribution is -2.37. The lowest BCUT2D eigenvalue weighted by molar-refractivity contribution is -0.131. The number of carbonyl (C=O) groups is 1. The molecule has 0 saturated carbocycles. The van der Waals surface area contributed by atoms with Gasteiger partial charge in [0.25, 0.3) is 0 Å². The van der Waals surface area contributed by atoms with Crippen LogP contribution < -0.4 is 0 Å². The number of hydrogen-bond donors (Lipinski definition) is 1. The Morgan fingerprint density at radius 2 is 2.33 bits per heavy atom. The molecule has 2 heterocycles. The number of nitrogens with zero attached hydrogens (tertiary/aromatic N) is 2. The van der Waals surface area contributed by atoms with Crippen molar-refractivity contribution in [3.63, 3.8) is 0 Å². The van der Waals surface area contributed by atoms with E-state index in [1.807, 2.05) is 5.38 Å². The van der Waals surface area contributed by atoms with Crippen LogP contribution in [0.15, 0.2) is 11.5 Å². The van der Waals surface area contributed by atoms with Gasteiger partial charge in [-0.2, -0.15) is 0 Å². The molecule has 0 atom stereocenters. The highest BCUT2D eigenvalue weighted by molar-refractivity contribution is 7.09. The number of aliphatic carboxylic acids is 1. The molecule has 5 nitrogen and oxygen atoms in total. The largest absolute Gasteiger partial charge is 0.478 e. The quantitative estimate of drug-likeness (QED) is 0.811. The molecule has 1 aliphatic heterocycles. The Balaban J connectivity index is 1.80. The Morgan fingerprint density at radius 1 is 1.56 bits per heavy atom. The zero-order valence-electron chi connectivity index (χ0n) is 10.0. The average Bonchev–Trinajstić information content (AvgIpc) is 2.83. The maximum absolute atomic E-state index is 10.4. The van der Waals surface area contributed by atoms with E-state index in [-0.39, 0.29) is 0 Å². The average molecular weight is 268 g/mol. The fourth-order valence-corrected chi connectivity index (χ4v) is 2.51. The molecule has 0 unspecified atom stereocenters. The van der Waals surface area contributed by atoms with Gasteiger partial charge in [0.2, 0.25) is 0 Å². The van der Waals surface area contributed by atoms with E-state index in [1.165, 1.54) is 6.08 Å². The van der Waals surface area contributed by atoms with Crippen molar-refractivity contribution in [1.29, 1.82) is 0 Å². The summed E-state index contributed by atoms with van der Waals surface area (Å²) < 4.78 is 5.29. The molecule has 1 saturated heterocycles. The van der Waals surface area contributed by atoms with Gasteiger partial charge in [-0.05, 0) is 6.08 Å². The number of carboxylic acids is 1. The molecule has 1 aromatic rings. The predicted molar refractivity (Wildman–Crippen MR) is 69.7 cm³/mol. The van der Waals surface area contributed by atoms with Crippen molar-refractivity contribution in [3.8, 4) is 0 Å². The van der Waals surface area contributed by atoms with Gasteiger partial charge in [0, 0.05) is 37.5 Å². The van der Waals surface area contributed by atoms with E-state index in [9.17, 15) is 4.79 Å². The first-order valence-electron chi connectivity index (χ1n) is 5.89. The molecule has 0 aliphatic carbocycles. The number of morpholine rings is 1. The lowest BCUT2D eigenvalue weighted by atomic mass is 10.3. The van der Waals surface area contributed by atoms with Gasteiger partial charge in [-0.25, -0.2) is 9.78 Å². The van der Waals surface area contributed by atoms with Gasteiger partial charge < -0.3 is 9.84 Å². The van der Waals surface area contributed by atoms with E-state index < -0.39 is 5.97 Å². The third-order valence-electron chi connectivity index (χ3n) is 2.71. The number of thiazole rings is 1. The molecule has 1 aromatic heterocycles. The van der Waals surface area contributed by atoms with Crippen LogP contribution in [0.3, 0.4) is 0 Å². The summed E-state index contributed by atoms with van der Waals surface area (Å²) in [5.41, 5.74) is 0.722. The fraction of sp³-hybridized carbons (Fsp3) is 0.500. The zero-order valence-corrected chi connectivity index (χ0v) is 10.9. The van der Waals surface area contributed by atoms with Crippen molar-refractivity contribution in [2.75, 3.05) is 32.8 Å². The smallest absolute Gasteiger partial charge is 0.328 e. The molecule has 0 amide bonds. The van der Waals surface area contributed by atoms with Crippen LogP contribution in [0.4, 0.5) is 0 Å². The first-order valence-corrected chi connectivity index (χ1v) is 6.77. The maximum Gasteiger partial charge on any atom is 0.328 e. The molecule has 0 radical (unpaired) electrons. The van der Waals surface area contributed by atoms with Gasteiger partial charge in [0.15, 0.2) is 0 Å². The van der Waals surface area contributed by atoms with Gasteiger partial charge in [0.1, 0.15) is 0 Å². The van der Waals surface area contributed by atoms with E-state index in [0.29, 0.717) is 0 Å². The second-order valence-electron chi connectivity index (χ2n) is 4.04. The fourth-order valence-electron chi connectivity index (χ4n) is 1.75. The van der Waals surface area contributed by atoms with Gasteiger partial charge >= 0.3 is 5.97 Å². The number of carboxylic acid groups (broad SMARTS) is 1. The second-order valence-corrected chi connectivity index (χ2v) is 4.98. The summed E-state index contributed by atoms with van der Waals surface area (Å²) in [6.07, 6.45) is 3.55. The maximum atomic E-state index is 10.4. The van der Waals surface area contributed by atoms with Crippen LogP contribution in [0.25, 0.3) is 6.08 Å². The standard InChI is InChI=1S/C12H16N2O3S/c15-12(16)2-1-10-9-18-11(13-10)3-4-14-5-7-17-8-6-14/h1-2,9H,3-8H2,(H,15,16)/b2-1+. The van der Waals surface area contributed by atoms with Gasteiger partial charge in [-0.3, -0.25) is 4.90 Å². The first kappa shape index (κ1) is 13.2. The minimum atomic E-state index is -0.946. The molecule has 6 heteroatoms. The monoisotopic (exact) mass is 268 g/mol. The number of aromatic nitrogens is 1. The lowest BCUT2D eigenvalue weighted by Gasteiger charge is -2.25. The van der Waals surface area contributed by atoms with E-state index in [1.54, 1.807) is 11.3 Å². The SMILES string of the molecule is O=C(O)/C=C/c1csc(CCN2CCOCC2)n1. The van der Waals surface area contributed by atoms with Gasteiger partial charge in [-0.1, -0.05) is 0 Å². The zero-order chi connectivity index (χ0) is 12.8. The third kappa shape index (κ3) is 4.21. The van der Waals surface area contributed by atoms with Crippen molar-refractivity contribution in [3.05, 3.63) is 22.2 Å². The highest BCUT2D eigenvalue weighted by atomic mass is 32.1. The van der Waals surface area contributed by atoms with Crippen molar-refractivity contribution in [2.24, 2.45) is 0 Å². The topological polar surface area (TPSA) is 62.7 Å². The summed E-state index contributed by atoms with van der Waals surface area (Å²) >= 11 is 1.58. The van der Waals surface area contributed by atoms with Crippen molar-refractivity contribution in [1.82, 2.24) is 9.88 Å². The van der Waals surface area contributed by atoms with E-state index in [2.05, 4.69) is 9.88 Å². The molecular formula is C12H16N2O3S. The first-order chi connectivity index (χ1) is 8.74. The minimum Gasteiger partial charge on any atom is -0.478 e. The highest BCUT2D eigenvalue weighted by Gasteiger charge is 2.10. The molecule has 98 valence electrons. The van der Waals surface area contributed by atoms with Crippen molar-refractivity contribution < 1.29 is 14.6 Å². The van der Waals surface area contributed by atoms with E-state index in [0.717, 1.165) is 56.0 Å². The normalized spacial score (nSPS) is 17.3. The number of ether oxygens (including phenoxy) is 1. The Morgan fingerprint density at radius 3 is 3.06 bits per heavy atom. The Hall–Kier alpha value is -1.24. The predicted octanol–water partition coefficient (Wildman–Crippen LogP) is 1.12. The van der Waals surface area contributed by atoms with Crippen LogP contribution in [0, 0.1) is 0 Å². The highest BCUT2D eigenvalue weighted by Crippen LogP contribution is 2.12. The van der Waals surface area contributed by atoms with Crippen LogP contribution >= 0.6 is 11.3 Å². The molecule has 0 bridgehead atoms. The van der Waals surface area contributed by atoms with Crippen LogP contribution in [-0.4, -0.2) is 53.8 Å². The Bertz CT molecular complexity index is 425. The van der Waals surface area contributed by atoms with Crippen LogP contribution in [-0.2, 0) is 16.0 Å². The van der Waals surface area contributed by atoms with Crippen molar-refractivity contribution >= 4 is 23.4 Å². The Kier molecular flexibility index (Phi) is 4.86. The molecular weight excluding hydrogens is 252 g/mol. The van der Waals surface area contributed by atoms with Gasteiger partial charge in [-0.15, -0.1) is 11.3 Å². The van der Waals surface area contributed by atoms with Crippen LogP contribution in [0.5, 0.6) is 0 Å². The summed E-state index contributed by atoms with van der Waals surface area (Å²) in [5.74, 6) is -0.946. The summed E-state index contributed by atoms with van der Waals surface area (Å²) in [5, 5.41) is 11.5. The van der Waals surface area contributed by atoms with Crippen molar-refractivity contribution in [2.45, 2.75) is 6.42 Å². The molecule has 18 heavy (non-hydrogen) atoms. The van der Waals surface area contributed by atoms with Crippen LogP contribution in [0.2, 0.25) is 0 Å². The van der Waals surface area contributed by atoms with Gasteiger partial charge in [0.05, 0.1) is 23.9 Å². The van der Waals surface area contributed by atoms with E-state index >= 15 is 0 Å². The summed E-state index contributed by atoms with van der Waals surface area (Å²) in [6, 6.07) is 0. The van der Waals surface area contributed by atoms with Crippen LogP contribution in [0.1, 0.15) is 10.7 Å². The minimum absolute atomic E-state index is 0.722. The third-order valence-corrected chi connectivity index (χ3v) is 3.64. The summed E-state index contributed by atoms with van der Waals surface area (Å²) in [7, 11) is 0. The number of hydrogen-bond acceptors (Lipinski definition) is 5. The Labute approximate surface area is 110 Å². The number of rotatable bonds is 5.